The molecule has 0 radical (unpaired) electrons. The van der Waals surface area contributed by atoms with Crippen molar-refractivity contribution in [3.8, 4) is 0 Å². The number of nitrogens with zero attached hydrogens (tertiary/aromatic N) is 1. The van der Waals surface area contributed by atoms with E-state index < -0.39 is 0 Å². The average molecular weight is 356 g/mol. The Kier molecular flexibility index (Phi) is 4.47. The molecular formula is C19H20N2O3S. The van der Waals surface area contributed by atoms with Gasteiger partial charge in [0.25, 0.3) is 5.91 Å². The van der Waals surface area contributed by atoms with E-state index in [-0.39, 0.29) is 11.5 Å². The standard InChI is InChI=1S/C19H20N2O3S/c1-9(2)19-20-12(5)17(25-19)18(23)21-14-8-13-10(3)7-16(22)24-15(13)6-11(14)4/h6-9H,1-5H3,(H,21,23). The van der Waals surface area contributed by atoms with Gasteiger partial charge in [-0.2, -0.15) is 0 Å². The molecule has 1 N–H and O–H groups in total. The fourth-order valence-corrected chi connectivity index (χ4v) is 3.62. The summed E-state index contributed by atoms with van der Waals surface area (Å²) in [5, 5.41) is 4.73. The summed E-state index contributed by atoms with van der Waals surface area (Å²) < 4.78 is 5.24. The maximum absolute atomic E-state index is 12.7. The minimum absolute atomic E-state index is 0.167. The van der Waals surface area contributed by atoms with Crippen LogP contribution in [0, 0.1) is 20.8 Å². The van der Waals surface area contributed by atoms with Crippen molar-refractivity contribution < 1.29 is 9.21 Å². The Labute approximate surface area is 149 Å². The predicted octanol–water partition coefficient (Wildman–Crippen LogP) is 4.55. The van der Waals surface area contributed by atoms with Crippen LogP contribution in [-0.2, 0) is 0 Å². The highest BCUT2D eigenvalue weighted by atomic mass is 32.1. The number of carbonyl (C=O) groups excluding carboxylic acids is 1. The van der Waals surface area contributed by atoms with Crippen molar-refractivity contribution in [3.05, 3.63) is 55.3 Å². The van der Waals surface area contributed by atoms with E-state index in [1.165, 1.54) is 17.4 Å². The van der Waals surface area contributed by atoms with Crippen LogP contribution in [0.25, 0.3) is 11.0 Å². The maximum Gasteiger partial charge on any atom is 0.336 e. The van der Waals surface area contributed by atoms with E-state index in [9.17, 15) is 9.59 Å². The molecular weight excluding hydrogens is 336 g/mol. The van der Waals surface area contributed by atoms with Gasteiger partial charge in [-0.1, -0.05) is 13.8 Å². The fraction of sp³-hybridized carbons (Fsp3) is 0.316. The van der Waals surface area contributed by atoms with E-state index >= 15 is 0 Å². The number of carbonyl (C=O) groups is 1. The van der Waals surface area contributed by atoms with Gasteiger partial charge in [0.15, 0.2) is 0 Å². The average Bonchev–Trinajstić information content (AvgIpc) is 2.91. The van der Waals surface area contributed by atoms with Crippen molar-refractivity contribution in [1.82, 2.24) is 4.98 Å². The summed E-state index contributed by atoms with van der Waals surface area (Å²) >= 11 is 1.43. The third kappa shape index (κ3) is 3.35. The van der Waals surface area contributed by atoms with Crippen molar-refractivity contribution in [2.24, 2.45) is 0 Å². The zero-order valence-corrected chi connectivity index (χ0v) is 15.7. The molecule has 3 aromatic rings. The number of rotatable bonds is 3. The van der Waals surface area contributed by atoms with Crippen molar-refractivity contribution in [3.63, 3.8) is 0 Å². The van der Waals surface area contributed by atoms with Crippen LogP contribution in [0.4, 0.5) is 5.69 Å². The molecule has 0 unspecified atom stereocenters. The highest BCUT2D eigenvalue weighted by Crippen LogP contribution is 2.28. The van der Waals surface area contributed by atoms with E-state index in [0.717, 1.165) is 27.2 Å². The van der Waals surface area contributed by atoms with Crippen LogP contribution in [0.2, 0.25) is 0 Å². The number of amides is 1. The van der Waals surface area contributed by atoms with Crippen LogP contribution < -0.4 is 10.9 Å². The molecule has 0 saturated carbocycles. The smallest absolute Gasteiger partial charge is 0.336 e. The Morgan fingerprint density at radius 3 is 2.52 bits per heavy atom. The fourth-order valence-electron chi connectivity index (χ4n) is 2.66. The van der Waals surface area contributed by atoms with Gasteiger partial charge in [-0.15, -0.1) is 11.3 Å². The molecule has 2 aromatic heterocycles. The minimum atomic E-state index is -0.373. The van der Waals surface area contributed by atoms with Crippen LogP contribution in [-0.4, -0.2) is 10.9 Å². The number of anilines is 1. The third-order valence-corrected chi connectivity index (χ3v) is 5.51. The van der Waals surface area contributed by atoms with E-state index in [2.05, 4.69) is 24.1 Å². The first-order valence-electron chi connectivity index (χ1n) is 8.10. The summed E-state index contributed by atoms with van der Waals surface area (Å²) in [5.74, 6) is 0.123. The first kappa shape index (κ1) is 17.4. The number of nitrogens with one attached hydrogen (secondary N) is 1. The number of benzene rings is 1. The molecule has 0 saturated heterocycles. The lowest BCUT2D eigenvalue weighted by atomic mass is 10.1. The lowest BCUT2D eigenvalue weighted by Crippen LogP contribution is -2.12. The molecule has 0 spiro atoms. The Morgan fingerprint density at radius 1 is 1.16 bits per heavy atom. The molecule has 6 heteroatoms. The van der Waals surface area contributed by atoms with Gasteiger partial charge in [0.2, 0.25) is 0 Å². The summed E-state index contributed by atoms with van der Waals surface area (Å²) in [6, 6.07) is 5.07. The third-order valence-electron chi connectivity index (χ3n) is 4.06. The highest BCUT2D eigenvalue weighted by Gasteiger charge is 2.18. The van der Waals surface area contributed by atoms with Crippen LogP contribution in [0.3, 0.4) is 0 Å². The van der Waals surface area contributed by atoms with E-state index in [1.807, 2.05) is 26.8 Å². The quantitative estimate of drug-likeness (QED) is 0.699. The SMILES string of the molecule is Cc1cc2oc(=O)cc(C)c2cc1NC(=O)c1sc(C(C)C)nc1C. The number of hydrogen-bond acceptors (Lipinski definition) is 5. The van der Waals surface area contributed by atoms with E-state index in [1.54, 1.807) is 6.07 Å². The van der Waals surface area contributed by atoms with Gasteiger partial charge in [-0.25, -0.2) is 9.78 Å². The molecule has 2 heterocycles. The zero-order chi connectivity index (χ0) is 18.3. The van der Waals surface area contributed by atoms with E-state index in [4.69, 9.17) is 4.42 Å². The lowest BCUT2D eigenvalue weighted by molar-refractivity contribution is 0.102. The topological polar surface area (TPSA) is 72.2 Å². The Morgan fingerprint density at radius 2 is 1.88 bits per heavy atom. The number of aryl methyl sites for hydroxylation is 3. The molecule has 1 amide bonds. The number of aromatic nitrogens is 1. The predicted molar refractivity (Wildman–Crippen MR) is 101 cm³/mol. The Bertz CT molecular complexity index is 1030. The molecule has 0 aliphatic rings. The monoisotopic (exact) mass is 356 g/mol. The van der Waals surface area contributed by atoms with Crippen molar-refractivity contribution >= 4 is 33.9 Å². The van der Waals surface area contributed by atoms with E-state index in [0.29, 0.717) is 22.1 Å². The lowest BCUT2D eigenvalue weighted by Gasteiger charge is -2.10. The van der Waals surface area contributed by atoms with Gasteiger partial charge in [0.05, 0.1) is 10.7 Å². The van der Waals surface area contributed by atoms with Crippen LogP contribution in [0.1, 0.15) is 51.3 Å². The highest BCUT2D eigenvalue weighted by molar-refractivity contribution is 7.14. The zero-order valence-electron chi connectivity index (χ0n) is 14.9. The van der Waals surface area contributed by atoms with Crippen molar-refractivity contribution in [2.45, 2.75) is 40.5 Å². The second kappa shape index (κ2) is 6.44. The van der Waals surface area contributed by atoms with Crippen LogP contribution in [0.15, 0.2) is 27.4 Å². The number of fused-ring (bicyclic) bond motifs is 1. The van der Waals surface area contributed by atoms with Gasteiger partial charge in [0, 0.05) is 23.1 Å². The van der Waals surface area contributed by atoms with Crippen LogP contribution >= 0.6 is 11.3 Å². The minimum Gasteiger partial charge on any atom is -0.423 e. The molecule has 5 nitrogen and oxygen atoms in total. The second-order valence-corrected chi connectivity index (χ2v) is 7.52. The summed E-state index contributed by atoms with van der Waals surface area (Å²) in [6.07, 6.45) is 0. The first-order chi connectivity index (χ1) is 11.8. The Hall–Kier alpha value is -2.47. The summed E-state index contributed by atoms with van der Waals surface area (Å²) in [6.45, 7) is 9.69. The molecule has 3 rings (SSSR count). The summed E-state index contributed by atoms with van der Waals surface area (Å²) in [5.41, 5.74) is 3.25. The molecule has 0 aliphatic heterocycles. The molecule has 0 aliphatic carbocycles. The second-order valence-electron chi connectivity index (χ2n) is 6.49. The molecule has 0 bridgehead atoms. The molecule has 25 heavy (non-hydrogen) atoms. The number of thiazole rings is 1. The van der Waals surface area contributed by atoms with Gasteiger partial charge >= 0.3 is 5.63 Å². The molecule has 130 valence electrons. The van der Waals surface area contributed by atoms with Gasteiger partial charge in [0.1, 0.15) is 10.5 Å². The van der Waals surface area contributed by atoms with Gasteiger partial charge in [-0.05, 0) is 44.0 Å². The molecule has 1 aromatic carbocycles. The Balaban J connectivity index is 1.99. The summed E-state index contributed by atoms with van der Waals surface area (Å²) in [4.78, 5) is 29.3. The molecule has 0 fully saturated rings. The maximum atomic E-state index is 12.7. The van der Waals surface area contributed by atoms with Gasteiger partial charge in [-0.3, -0.25) is 4.79 Å². The van der Waals surface area contributed by atoms with Crippen molar-refractivity contribution in [2.75, 3.05) is 5.32 Å². The molecule has 0 atom stereocenters. The normalized spacial score (nSPS) is 11.3. The largest absolute Gasteiger partial charge is 0.423 e. The van der Waals surface area contributed by atoms with Crippen molar-refractivity contribution in [1.29, 1.82) is 0 Å². The van der Waals surface area contributed by atoms with Gasteiger partial charge < -0.3 is 9.73 Å². The number of hydrogen-bond donors (Lipinski definition) is 1. The summed E-state index contributed by atoms with van der Waals surface area (Å²) in [7, 11) is 0. The van der Waals surface area contributed by atoms with Crippen LogP contribution in [0.5, 0.6) is 0 Å². The first-order valence-corrected chi connectivity index (χ1v) is 8.91.